The molecule has 3 N–H and O–H groups in total. The molecule has 0 fully saturated rings. The Morgan fingerprint density at radius 1 is 0.459 bits per heavy atom. The molecule has 0 aromatic carbocycles. The molecule has 3 atom stereocenters. The quantitative estimate of drug-likeness (QED) is 0.0322. The number of carbonyl (C=O) groups excluding carboxylic acids is 2. The molecule has 0 rings (SSSR count). The van der Waals surface area contributed by atoms with E-state index < -0.39 is 18.2 Å². The van der Waals surface area contributed by atoms with E-state index in [-0.39, 0.29) is 24.9 Å². The number of carbonyl (C=O) groups is 2. The van der Waals surface area contributed by atoms with E-state index in [1.165, 1.54) is 212 Å². The number of allylic oxidation sites excluding steroid dienone is 2. The van der Waals surface area contributed by atoms with Crippen LogP contribution in [-0.4, -0.2) is 46.9 Å². The Labute approximate surface area is 380 Å². The molecule has 0 aliphatic carbocycles. The molecule has 6 nitrogen and oxygen atoms in total. The summed E-state index contributed by atoms with van der Waals surface area (Å²) in [7, 11) is 0. The highest BCUT2D eigenvalue weighted by Gasteiger charge is 2.24. The molecule has 0 aromatic rings. The van der Waals surface area contributed by atoms with Crippen molar-refractivity contribution < 1.29 is 24.5 Å². The van der Waals surface area contributed by atoms with Gasteiger partial charge in [-0.1, -0.05) is 251 Å². The minimum absolute atomic E-state index is 0.0834. The Balaban J connectivity index is 4.50. The van der Waals surface area contributed by atoms with Crippen LogP contribution in [0.5, 0.6) is 0 Å². The van der Waals surface area contributed by atoms with Gasteiger partial charge in [0.2, 0.25) is 5.91 Å². The van der Waals surface area contributed by atoms with Crippen LogP contribution in [0.2, 0.25) is 0 Å². The molecule has 0 saturated heterocycles. The molecular weight excluding hydrogens is 755 g/mol. The number of rotatable bonds is 50. The molecule has 0 radical (unpaired) electrons. The summed E-state index contributed by atoms with van der Waals surface area (Å²) in [5.74, 6) is -0.459. The lowest BCUT2D eigenvalue weighted by molar-refractivity contribution is -0.151. The van der Waals surface area contributed by atoms with E-state index in [9.17, 15) is 19.8 Å². The number of esters is 1. The number of aliphatic hydroxyl groups is 2. The van der Waals surface area contributed by atoms with E-state index in [2.05, 4.69) is 38.2 Å². The number of unbranched alkanes of at least 4 members (excludes halogenated alkanes) is 36. The first-order chi connectivity index (χ1) is 30.0. The zero-order valence-electron chi connectivity index (χ0n) is 41.3. The van der Waals surface area contributed by atoms with Gasteiger partial charge < -0.3 is 20.3 Å². The SMILES string of the molecule is CCCCCCCC/C=C/CCCCCCCCCC(=O)OC(CCCCCCCCCCCCCCC)CC(=O)NC(CO)C(O)CCCCCCCCCCCCCC. The van der Waals surface area contributed by atoms with Crippen molar-refractivity contribution in [3.63, 3.8) is 0 Å². The number of amides is 1. The zero-order valence-corrected chi connectivity index (χ0v) is 41.3. The van der Waals surface area contributed by atoms with E-state index in [1.54, 1.807) is 0 Å². The van der Waals surface area contributed by atoms with Gasteiger partial charge in [-0.05, 0) is 51.4 Å². The highest BCUT2D eigenvalue weighted by molar-refractivity contribution is 5.77. The highest BCUT2D eigenvalue weighted by Crippen LogP contribution is 2.19. The fourth-order valence-electron chi connectivity index (χ4n) is 8.66. The summed E-state index contributed by atoms with van der Waals surface area (Å²) in [6.07, 6.45) is 55.6. The van der Waals surface area contributed by atoms with Crippen molar-refractivity contribution in [3.8, 4) is 0 Å². The second-order valence-electron chi connectivity index (χ2n) is 19.0. The van der Waals surface area contributed by atoms with Crippen molar-refractivity contribution in [3.05, 3.63) is 12.2 Å². The summed E-state index contributed by atoms with van der Waals surface area (Å²) < 4.78 is 5.95. The summed E-state index contributed by atoms with van der Waals surface area (Å²) in [4.78, 5) is 26.2. The van der Waals surface area contributed by atoms with Crippen molar-refractivity contribution in [1.29, 1.82) is 0 Å². The maximum atomic E-state index is 13.2. The van der Waals surface area contributed by atoms with Crippen molar-refractivity contribution in [2.75, 3.05) is 6.61 Å². The zero-order chi connectivity index (χ0) is 44.5. The summed E-state index contributed by atoms with van der Waals surface area (Å²) in [6.45, 7) is 6.51. The first-order valence-corrected chi connectivity index (χ1v) is 27.4. The van der Waals surface area contributed by atoms with Gasteiger partial charge in [0, 0.05) is 6.42 Å². The van der Waals surface area contributed by atoms with Gasteiger partial charge in [-0.3, -0.25) is 9.59 Å². The predicted octanol–water partition coefficient (Wildman–Crippen LogP) is 16.5. The van der Waals surface area contributed by atoms with Gasteiger partial charge in [0.15, 0.2) is 0 Å². The number of aliphatic hydroxyl groups excluding tert-OH is 2. The summed E-state index contributed by atoms with van der Waals surface area (Å²) in [5.41, 5.74) is 0. The largest absolute Gasteiger partial charge is 0.462 e. The van der Waals surface area contributed by atoms with Gasteiger partial charge in [0.1, 0.15) is 6.10 Å². The molecule has 0 spiro atoms. The Hall–Kier alpha value is -1.40. The van der Waals surface area contributed by atoms with Crippen LogP contribution in [0.1, 0.15) is 303 Å². The number of hydrogen-bond acceptors (Lipinski definition) is 5. The molecule has 0 aliphatic rings. The number of hydrogen-bond donors (Lipinski definition) is 3. The fourth-order valence-corrected chi connectivity index (χ4v) is 8.66. The van der Waals surface area contributed by atoms with Crippen molar-refractivity contribution >= 4 is 11.9 Å². The van der Waals surface area contributed by atoms with Crippen LogP contribution in [0.4, 0.5) is 0 Å². The van der Waals surface area contributed by atoms with Crippen LogP contribution in [-0.2, 0) is 14.3 Å². The Morgan fingerprint density at radius 3 is 1.16 bits per heavy atom. The Kier molecular flexibility index (Phi) is 48.5. The maximum Gasteiger partial charge on any atom is 0.306 e. The number of ether oxygens (including phenoxy) is 1. The third-order valence-corrected chi connectivity index (χ3v) is 12.8. The molecule has 61 heavy (non-hydrogen) atoms. The van der Waals surface area contributed by atoms with Gasteiger partial charge >= 0.3 is 5.97 Å². The monoisotopic (exact) mass is 862 g/mol. The molecule has 0 heterocycles. The van der Waals surface area contributed by atoms with E-state index in [1.807, 2.05) is 0 Å². The van der Waals surface area contributed by atoms with E-state index >= 15 is 0 Å². The van der Waals surface area contributed by atoms with Crippen LogP contribution >= 0.6 is 0 Å². The van der Waals surface area contributed by atoms with E-state index in [0.29, 0.717) is 19.3 Å². The fraction of sp³-hybridized carbons (Fsp3) is 0.927. The second-order valence-corrected chi connectivity index (χ2v) is 19.0. The van der Waals surface area contributed by atoms with Crippen molar-refractivity contribution in [2.45, 2.75) is 322 Å². The topological polar surface area (TPSA) is 95.9 Å². The van der Waals surface area contributed by atoms with E-state index in [4.69, 9.17) is 4.74 Å². The minimum Gasteiger partial charge on any atom is -0.462 e. The first kappa shape index (κ1) is 59.6. The third-order valence-electron chi connectivity index (χ3n) is 12.8. The minimum atomic E-state index is -0.782. The van der Waals surface area contributed by atoms with Gasteiger partial charge in [0.05, 0.1) is 25.2 Å². The molecule has 6 heteroatoms. The summed E-state index contributed by atoms with van der Waals surface area (Å²) >= 11 is 0. The molecule has 1 amide bonds. The molecule has 0 bridgehead atoms. The lowest BCUT2D eigenvalue weighted by Gasteiger charge is -2.24. The second kappa shape index (κ2) is 49.6. The van der Waals surface area contributed by atoms with Crippen LogP contribution in [0.25, 0.3) is 0 Å². The lowest BCUT2D eigenvalue weighted by atomic mass is 10.0. The van der Waals surface area contributed by atoms with Gasteiger partial charge in [-0.15, -0.1) is 0 Å². The first-order valence-electron chi connectivity index (χ1n) is 27.4. The standard InChI is InChI=1S/C55H107NO5/c1-4-7-10-13-16-19-22-25-26-27-28-30-33-36-39-42-45-48-55(60)61-51(46-43-40-37-34-31-29-23-20-17-14-11-8-5-2)49-54(59)56-52(50-57)53(58)47-44-41-38-35-32-24-21-18-15-12-9-6-3/h25-26,51-53,57-58H,4-24,27-50H2,1-3H3,(H,56,59)/b26-25+. The van der Waals surface area contributed by atoms with Crippen molar-refractivity contribution in [2.24, 2.45) is 0 Å². The van der Waals surface area contributed by atoms with Crippen LogP contribution in [0, 0.1) is 0 Å². The molecular formula is C55H107NO5. The third kappa shape index (κ3) is 45.0. The summed E-state index contributed by atoms with van der Waals surface area (Å²) in [6, 6.07) is -0.695. The van der Waals surface area contributed by atoms with Gasteiger partial charge in [-0.2, -0.15) is 0 Å². The molecule has 0 aromatic heterocycles. The molecule has 0 aliphatic heterocycles. The highest BCUT2D eigenvalue weighted by atomic mass is 16.5. The van der Waals surface area contributed by atoms with Crippen molar-refractivity contribution in [1.82, 2.24) is 5.32 Å². The summed E-state index contributed by atoms with van der Waals surface area (Å²) in [5, 5.41) is 23.8. The normalized spacial score (nSPS) is 13.2. The number of nitrogens with one attached hydrogen (secondary N) is 1. The molecule has 362 valence electrons. The average molecular weight is 862 g/mol. The van der Waals surface area contributed by atoms with Gasteiger partial charge in [-0.25, -0.2) is 0 Å². The smallest absolute Gasteiger partial charge is 0.306 e. The van der Waals surface area contributed by atoms with Crippen LogP contribution in [0.15, 0.2) is 12.2 Å². The molecule has 0 saturated carbocycles. The van der Waals surface area contributed by atoms with E-state index in [0.717, 1.165) is 44.9 Å². The Bertz CT molecular complexity index is 924. The van der Waals surface area contributed by atoms with Crippen LogP contribution < -0.4 is 5.32 Å². The predicted molar refractivity (Wildman–Crippen MR) is 264 cm³/mol. The van der Waals surface area contributed by atoms with Crippen LogP contribution in [0.3, 0.4) is 0 Å². The average Bonchev–Trinajstić information content (AvgIpc) is 3.25. The van der Waals surface area contributed by atoms with Gasteiger partial charge in [0.25, 0.3) is 0 Å². The Morgan fingerprint density at radius 2 is 0.787 bits per heavy atom. The molecule has 3 unspecified atom stereocenters. The maximum absolute atomic E-state index is 13.2. The lowest BCUT2D eigenvalue weighted by Crippen LogP contribution is -2.46.